The molecule has 3 aromatic rings. The molecular weight excluding hydrogens is 304 g/mol. The third-order valence-electron chi connectivity index (χ3n) is 5.07. The van der Waals surface area contributed by atoms with Gasteiger partial charge in [-0.15, -0.1) is 0 Å². The van der Waals surface area contributed by atoms with Crippen LogP contribution in [0.25, 0.3) is 22.6 Å². The van der Waals surface area contributed by atoms with E-state index in [2.05, 4.69) is 84.0 Å². The van der Waals surface area contributed by atoms with Gasteiger partial charge in [-0.3, -0.25) is 0 Å². The largest absolute Gasteiger partial charge is 0.361 e. The number of nitrogens with one attached hydrogen (secondary N) is 2. The number of benzene rings is 2. The van der Waals surface area contributed by atoms with Gasteiger partial charge < -0.3 is 10.3 Å². The highest BCUT2D eigenvalue weighted by molar-refractivity contribution is 5.89. The van der Waals surface area contributed by atoms with E-state index in [0.717, 1.165) is 19.4 Å². The Balaban J connectivity index is 1.46. The van der Waals surface area contributed by atoms with E-state index in [9.17, 15) is 0 Å². The second-order valence-electron chi connectivity index (χ2n) is 6.78. The molecule has 2 N–H and O–H groups in total. The van der Waals surface area contributed by atoms with Crippen molar-refractivity contribution in [2.45, 2.75) is 25.8 Å². The van der Waals surface area contributed by atoms with E-state index in [-0.39, 0.29) is 0 Å². The molecule has 0 saturated carbocycles. The Morgan fingerprint density at radius 1 is 1.08 bits per heavy atom. The second-order valence-corrected chi connectivity index (χ2v) is 6.78. The highest BCUT2D eigenvalue weighted by Gasteiger charge is 2.14. The summed E-state index contributed by atoms with van der Waals surface area (Å²) in [7, 11) is 0. The molecule has 2 aromatic carbocycles. The maximum absolute atomic E-state index is 3.62. The van der Waals surface area contributed by atoms with E-state index in [1.165, 1.54) is 33.2 Å². The molecule has 2 heterocycles. The van der Waals surface area contributed by atoms with Crippen LogP contribution < -0.4 is 5.32 Å². The predicted octanol–water partition coefficient (Wildman–Crippen LogP) is 5.33. The maximum Gasteiger partial charge on any atom is 0.0460 e. The lowest BCUT2D eigenvalue weighted by atomic mass is 9.93. The smallest absolute Gasteiger partial charge is 0.0460 e. The topological polar surface area (TPSA) is 27.8 Å². The van der Waals surface area contributed by atoms with Crippen molar-refractivity contribution in [1.82, 2.24) is 10.3 Å². The zero-order valence-electron chi connectivity index (χ0n) is 14.6. The SMILES string of the molecule is Cc1ccc2[nH]ccc2c1C=CCC1CC(c2ccccc2)=CCN1. The van der Waals surface area contributed by atoms with Crippen molar-refractivity contribution >= 4 is 22.6 Å². The molecule has 1 aliphatic rings. The Bertz CT molecular complexity index is 916. The van der Waals surface area contributed by atoms with E-state index in [0.29, 0.717) is 6.04 Å². The van der Waals surface area contributed by atoms with Crippen LogP contribution in [0.1, 0.15) is 29.5 Å². The van der Waals surface area contributed by atoms with Crippen molar-refractivity contribution < 1.29 is 0 Å². The quantitative estimate of drug-likeness (QED) is 0.666. The van der Waals surface area contributed by atoms with Crippen molar-refractivity contribution in [3.63, 3.8) is 0 Å². The van der Waals surface area contributed by atoms with Gasteiger partial charge in [-0.2, -0.15) is 0 Å². The van der Waals surface area contributed by atoms with Crippen LogP contribution in [-0.4, -0.2) is 17.6 Å². The minimum absolute atomic E-state index is 0.502. The molecule has 1 unspecified atom stereocenters. The molecule has 0 saturated heterocycles. The first kappa shape index (κ1) is 15.9. The summed E-state index contributed by atoms with van der Waals surface area (Å²) >= 11 is 0. The molecule has 0 bridgehead atoms. The number of aromatic nitrogens is 1. The normalized spacial score (nSPS) is 18.0. The molecule has 0 spiro atoms. The van der Waals surface area contributed by atoms with Gasteiger partial charge in [-0.1, -0.05) is 54.6 Å². The van der Waals surface area contributed by atoms with Crippen LogP contribution in [-0.2, 0) is 0 Å². The summed E-state index contributed by atoms with van der Waals surface area (Å²) in [6.45, 7) is 3.14. The number of rotatable bonds is 4. The zero-order valence-corrected chi connectivity index (χ0v) is 14.6. The van der Waals surface area contributed by atoms with Gasteiger partial charge in [-0.25, -0.2) is 0 Å². The number of H-pyrrole nitrogens is 1. The summed E-state index contributed by atoms with van der Waals surface area (Å²) < 4.78 is 0. The highest BCUT2D eigenvalue weighted by Crippen LogP contribution is 2.25. The highest BCUT2D eigenvalue weighted by atomic mass is 14.9. The van der Waals surface area contributed by atoms with E-state index < -0.39 is 0 Å². The fourth-order valence-electron chi connectivity index (χ4n) is 3.66. The van der Waals surface area contributed by atoms with Crippen LogP contribution in [0, 0.1) is 6.92 Å². The fourth-order valence-corrected chi connectivity index (χ4v) is 3.66. The second kappa shape index (κ2) is 7.12. The molecule has 25 heavy (non-hydrogen) atoms. The van der Waals surface area contributed by atoms with E-state index in [4.69, 9.17) is 0 Å². The first-order chi connectivity index (χ1) is 12.3. The van der Waals surface area contributed by atoms with Crippen LogP contribution in [0.2, 0.25) is 0 Å². The van der Waals surface area contributed by atoms with Gasteiger partial charge in [0.2, 0.25) is 0 Å². The molecule has 2 heteroatoms. The molecule has 0 amide bonds. The van der Waals surface area contributed by atoms with Crippen LogP contribution in [0.3, 0.4) is 0 Å². The maximum atomic E-state index is 3.62. The third-order valence-corrected chi connectivity index (χ3v) is 5.07. The number of fused-ring (bicyclic) bond motifs is 1. The predicted molar refractivity (Wildman–Crippen MR) is 108 cm³/mol. The lowest BCUT2D eigenvalue weighted by Crippen LogP contribution is -2.32. The number of hydrogen-bond acceptors (Lipinski definition) is 1. The molecule has 0 fully saturated rings. The van der Waals surface area contributed by atoms with E-state index in [1.807, 2.05) is 6.20 Å². The Morgan fingerprint density at radius 2 is 1.96 bits per heavy atom. The van der Waals surface area contributed by atoms with E-state index in [1.54, 1.807) is 0 Å². The van der Waals surface area contributed by atoms with Gasteiger partial charge in [0, 0.05) is 29.7 Å². The minimum Gasteiger partial charge on any atom is -0.361 e. The third kappa shape index (κ3) is 3.45. The zero-order chi connectivity index (χ0) is 17.1. The molecule has 2 nitrogen and oxygen atoms in total. The van der Waals surface area contributed by atoms with E-state index >= 15 is 0 Å². The van der Waals surface area contributed by atoms with Crippen molar-refractivity contribution in [3.05, 3.63) is 83.6 Å². The van der Waals surface area contributed by atoms with Crippen molar-refractivity contribution in [1.29, 1.82) is 0 Å². The summed E-state index contributed by atoms with van der Waals surface area (Å²) in [5, 5.41) is 4.92. The minimum atomic E-state index is 0.502. The number of hydrogen-bond donors (Lipinski definition) is 2. The first-order valence-corrected chi connectivity index (χ1v) is 9.02. The average molecular weight is 328 g/mol. The van der Waals surface area contributed by atoms with Crippen LogP contribution in [0.4, 0.5) is 0 Å². The first-order valence-electron chi connectivity index (χ1n) is 9.02. The summed E-state index contributed by atoms with van der Waals surface area (Å²) in [5.41, 5.74) is 6.67. The lowest BCUT2D eigenvalue weighted by molar-refractivity contribution is 0.542. The lowest BCUT2D eigenvalue weighted by Gasteiger charge is -2.23. The molecule has 126 valence electrons. The van der Waals surface area contributed by atoms with Crippen LogP contribution in [0.15, 0.2) is 66.9 Å². The van der Waals surface area contributed by atoms with Gasteiger partial charge in [0.25, 0.3) is 0 Å². The van der Waals surface area contributed by atoms with Gasteiger partial charge in [0.15, 0.2) is 0 Å². The van der Waals surface area contributed by atoms with Gasteiger partial charge in [-0.05, 0) is 54.2 Å². The number of aryl methyl sites for hydroxylation is 1. The molecule has 0 aliphatic carbocycles. The standard InChI is InChI=1S/C23H24N2/c1-17-10-11-23-22(13-15-25-23)21(17)9-5-8-20-16-19(12-14-24-20)18-6-3-2-4-7-18/h2-7,9-13,15,20,24-25H,8,14,16H2,1H3. The molecule has 1 aliphatic heterocycles. The molecule has 1 aromatic heterocycles. The summed E-state index contributed by atoms with van der Waals surface area (Å²) in [5.74, 6) is 0. The van der Waals surface area contributed by atoms with Crippen molar-refractivity contribution in [2.75, 3.05) is 6.54 Å². The average Bonchev–Trinajstić information content (AvgIpc) is 3.13. The van der Waals surface area contributed by atoms with Crippen LogP contribution >= 0.6 is 0 Å². The molecule has 1 atom stereocenters. The molecular formula is C23H24N2. The van der Waals surface area contributed by atoms with Crippen LogP contribution in [0.5, 0.6) is 0 Å². The van der Waals surface area contributed by atoms with Gasteiger partial charge in [0.05, 0.1) is 0 Å². The summed E-state index contributed by atoms with van der Waals surface area (Å²) in [4.78, 5) is 3.30. The molecule has 0 radical (unpaired) electrons. The Labute approximate surface area is 149 Å². The van der Waals surface area contributed by atoms with Crippen molar-refractivity contribution in [2.24, 2.45) is 0 Å². The van der Waals surface area contributed by atoms with Gasteiger partial charge >= 0.3 is 0 Å². The Hall–Kier alpha value is -2.58. The Kier molecular flexibility index (Phi) is 4.53. The van der Waals surface area contributed by atoms with Gasteiger partial charge in [0.1, 0.15) is 0 Å². The molecule has 4 rings (SSSR count). The Morgan fingerprint density at radius 3 is 2.84 bits per heavy atom. The van der Waals surface area contributed by atoms with Crippen molar-refractivity contribution in [3.8, 4) is 0 Å². The fraction of sp³-hybridized carbons (Fsp3) is 0.217. The summed E-state index contributed by atoms with van der Waals surface area (Å²) in [6, 6.07) is 17.7. The number of aromatic amines is 1. The monoisotopic (exact) mass is 328 g/mol. The summed E-state index contributed by atoms with van der Waals surface area (Å²) in [6.07, 6.45) is 11.1.